The second kappa shape index (κ2) is 6.89. The van der Waals surface area contributed by atoms with Gasteiger partial charge < -0.3 is 15.0 Å². The van der Waals surface area contributed by atoms with Crippen molar-refractivity contribution < 1.29 is 14.7 Å². The Kier molecular flexibility index (Phi) is 4.93. The van der Waals surface area contributed by atoms with Crippen molar-refractivity contribution in [3.63, 3.8) is 0 Å². The van der Waals surface area contributed by atoms with Crippen LogP contribution in [0, 0.1) is 5.92 Å². The van der Waals surface area contributed by atoms with E-state index in [0.29, 0.717) is 12.0 Å². The van der Waals surface area contributed by atoms with E-state index >= 15 is 0 Å². The second-order valence-electron chi connectivity index (χ2n) is 5.51. The third kappa shape index (κ3) is 3.94. The molecule has 1 atom stereocenters. The van der Waals surface area contributed by atoms with Crippen LogP contribution in [0.2, 0.25) is 0 Å². The van der Waals surface area contributed by atoms with Gasteiger partial charge in [0.1, 0.15) is 6.04 Å². The largest absolute Gasteiger partial charge is 0.480 e. The molecule has 1 aromatic carbocycles. The summed E-state index contributed by atoms with van der Waals surface area (Å²) < 4.78 is 1.82. The molecular formula is C16H19N3O3. The summed E-state index contributed by atoms with van der Waals surface area (Å²) in [6, 6.07) is 6.03. The Balaban J connectivity index is 2.07. The fraction of sp³-hybridized carbons (Fsp3) is 0.312. The Labute approximate surface area is 128 Å². The van der Waals surface area contributed by atoms with E-state index in [0.717, 1.165) is 5.69 Å². The molecule has 0 aliphatic rings. The first-order valence-electron chi connectivity index (χ1n) is 7.09. The number of imidazole rings is 1. The minimum Gasteiger partial charge on any atom is -0.480 e. The molecule has 0 bridgehead atoms. The van der Waals surface area contributed by atoms with E-state index in [-0.39, 0.29) is 11.8 Å². The second-order valence-corrected chi connectivity index (χ2v) is 5.51. The summed E-state index contributed by atoms with van der Waals surface area (Å²) in [6.07, 6.45) is 5.54. The van der Waals surface area contributed by atoms with Crippen molar-refractivity contribution in [2.75, 3.05) is 0 Å². The molecule has 2 N–H and O–H groups in total. The molecule has 116 valence electrons. The van der Waals surface area contributed by atoms with E-state index in [4.69, 9.17) is 5.11 Å². The highest BCUT2D eigenvalue weighted by atomic mass is 16.4. The van der Waals surface area contributed by atoms with Crippen LogP contribution >= 0.6 is 0 Å². The lowest BCUT2D eigenvalue weighted by atomic mass is 10.0. The molecule has 0 spiro atoms. The molecule has 6 heteroatoms. The van der Waals surface area contributed by atoms with Gasteiger partial charge in [0.05, 0.1) is 6.33 Å². The van der Waals surface area contributed by atoms with Crippen LogP contribution in [0.3, 0.4) is 0 Å². The molecule has 6 nitrogen and oxygen atoms in total. The zero-order valence-corrected chi connectivity index (χ0v) is 12.6. The summed E-state index contributed by atoms with van der Waals surface area (Å²) in [4.78, 5) is 27.3. The Bertz CT molecular complexity index is 633. The lowest BCUT2D eigenvalue weighted by molar-refractivity contribution is -0.139. The molecule has 1 aromatic heterocycles. The van der Waals surface area contributed by atoms with Crippen LogP contribution in [0.25, 0.3) is 5.69 Å². The Morgan fingerprint density at radius 3 is 2.45 bits per heavy atom. The van der Waals surface area contributed by atoms with Crippen molar-refractivity contribution in [3.8, 4) is 5.69 Å². The molecule has 0 fully saturated rings. The van der Waals surface area contributed by atoms with Gasteiger partial charge in [-0.2, -0.15) is 0 Å². The summed E-state index contributed by atoms with van der Waals surface area (Å²) in [5.74, 6) is -1.22. The van der Waals surface area contributed by atoms with Gasteiger partial charge in [-0.1, -0.05) is 13.8 Å². The predicted molar refractivity (Wildman–Crippen MR) is 81.9 cm³/mol. The number of rotatable bonds is 6. The van der Waals surface area contributed by atoms with Crippen molar-refractivity contribution in [2.45, 2.75) is 26.3 Å². The molecular weight excluding hydrogens is 282 g/mol. The molecule has 0 aliphatic carbocycles. The molecule has 2 rings (SSSR count). The third-order valence-corrected chi connectivity index (χ3v) is 3.24. The third-order valence-electron chi connectivity index (χ3n) is 3.24. The number of hydrogen-bond acceptors (Lipinski definition) is 3. The van der Waals surface area contributed by atoms with Gasteiger partial charge in [0.2, 0.25) is 0 Å². The predicted octanol–water partition coefficient (Wildman–Crippen LogP) is 2.10. The quantitative estimate of drug-likeness (QED) is 0.855. The van der Waals surface area contributed by atoms with Crippen molar-refractivity contribution in [1.29, 1.82) is 0 Å². The fourth-order valence-corrected chi connectivity index (χ4v) is 2.13. The zero-order valence-electron chi connectivity index (χ0n) is 12.6. The molecule has 0 saturated carbocycles. The highest BCUT2D eigenvalue weighted by molar-refractivity contribution is 5.96. The lowest BCUT2D eigenvalue weighted by Crippen LogP contribution is -2.41. The number of carbonyl (C=O) groups is 2. The summed E-state index contributed by atoms with van der Waals surface area (Å²) >= 11 is 0. The highest BCUT2D eigenvalue weighted by Crippen LogP contribution is 2.11. The maximum atomic E-state index is 12.1. The van der Waals surface area contributed by atoms with Crippen LogP contribution in [0.15, 0.2) is 43.0 Å². The Morgan fingerprint density at radius 2 is 1.95 bits per heavy atom. The van der Waals surface area contributed by atoms with Crippen molar-refractivity contribution in [1.82, 2.24) is 14.9 Å². The number of amides is 1. The minimum absolute atomic E-state index is 0.185. The van der Waals surface area contributed by atoms with E-state index in [1.54, 1.807) is 43.0 Å². The smallest absolute Gasteiger partial charge is 0.326 e. The number of benzene rings is 1. The molecule has 1 heterocycles. The molecule has 1 amide bonds. The van der Waals surface area contributed by atoms with Gasteiger partial charge in [0.15, 0.2) is 0 Å². The van der Waals surface area contributed by atoms with Crippen LogP contribution < -0.4 is 5.32 Å². The first kappa shape index (κ1) is 15.8. The van der Waals surface area contributed by atoms with E-state index in [2.05, 4.69) is 10.3 Å². The average molecular weight is 301 g/mol. The lowest BCUT2D eigenvalue weighted by Gasteiger charge is -2.16. The van der Waals surface area contributed by atoms with E-state index < -0.39 is 12.0 Å². The topological polar surface area (TPSA) is 84.2 Å². The summed E-state index contributed by atoms with van der Waals surface area (Å²) in [5, 5.41) is 11.7. The Morgan fingerprint density at radius 1 is 1.27 bits per heavy atom. The van der Waals surface area contributed by atoms with Crippen molar-refractivity contribution in [3.05, 3.63) is 48.5 Å². The maximum absolute atomic E-state index is 12.1. The summed E-state index contributed by atoms with van der Waals surface area (Å²) in [6.45, 7) is 3.84. The minimum atomic E-state index is -1.02. The van der Waals surface area contributed by atoms with Crippen LogP contribution in [0.4, 0.5) is 0 Å². The first-order valence-corrected chi connectivity index (χ1v) is 7.09. The number of aliphatic carboxylic acids is 1. The van der Waals surface area contributed by atoms with E-state index in [1.165, 1.54) is 0 Å². The number of carbonyl (C=O) groups excluding carboxylic acids is 1. The van der Waals surface area contributed by atoms with Crippen LogP contribution in [0.5, 0.6) is 0 Å². The normalized spacial score (nSPS) is 12.1. The number of nitrogens with one attached hydrogen (secondary N) is 1. The number of aromatic nitrogens is 2. The standard InChI is InChI=1S/C16H19N3O3/c1-11(2)9-14(16(21)22)18-15(20)12-3-5-13(6-4-12)19-8-7-17-10-19/h3-8,10-11,14H,9H2,1-2H3,(H,18,20)(H,21,22)/t14-/m1/s1. The van der Waals surface area contributed by atoms with Crippen molar-refractivity contribution >= 4 is 11.9 Å². The number of carboxylic acids is 1. The molecule has 22 heavy (non-hydrogen) atoms. The monoisotopic (exact) mass is 301 g/mol. The van der Waals surface area contributed by atoms with Gasteiger partial charge in [-0.05, 0) is 36.6 Å². The maximum Gasteiger partial charge on any atom is 0.326 e. The molecule has 0 radical (unpaired) electrons. The molecule has 0 unspecified atom stereocenters. The number of carboxylic acid groups (broad SMARTS) is 1. The molecule has 0 aliphatic heterocycles. The first-order chi connectivity index (χ1) is 10.5. The highest BCUT2D eigenvalue weighted by Gasteiger charge is 2.21. The number of hydrogen-bond donors (Lipinski definition) is 2. The van der Waals surface area contributed by atoms with Gasteiger partial charge in [0, 0.05) is 23.6 Å². The zero-order chi connectivity index (χ0) is 16.1. The molecule has 0 saturated heterocycles. The van der Waals surface area contributed by atoms with Gasteiger partial charge in [-0.25, -0.2) is 9.78 Å². The van der Waals surface area contributed by atoms with E-state index in [9.17, 15) is 9.59 Å². The summed E-state index contributed by atoms with van der Waals surface area (Å²) in [5.41, 5.74) is 1.31. The average Bonchev–Trinajstić information content (AvgIpc) is 3.00. The van der Waals surface area contributed by atoms with E-state index in [1.807, 2.05) is 18.4 Å². The molecule has 2 aromatic rings. The van der Waals surface area contributed by atoms with Gasteiger partial charge in [-0.3, -0.25) is 4.79 Å². The van der Waals surface area contributed by atoms with Crippen molar-refractivity contribution in [2.24, 2.45) is 5.92 Å². The SMILES string of the molecule is CC(C)C[C@@H](NC(=O)c1ccc(-n2ccnc2)cc1)C(=O)O. The van der Waals surface area contributed by atoms with Crippen LogP contribution in [-0.2, 0) is 4.79 Å². The van der Waals surface area contributed by atoms with Gasteiger partial charge in [0.25, 0.3) is 5.91 Å². The van der Waals surface area contributed by atoms with Gasteiger partial charge >= 0.3 is 5.97 Å². The fourth-order valence-electron chi connectivity index (χ4n) is 2.13. The number of nitrogens with zero attached hydrogens (tertiary/aromatic N) is 2. The van der Waals surface area contributed by atoms with Crippen LogP contribution in [0.1, 0.15) is 30.6 Å². The Hall–Kier alpha value is -2.63. The summed E-state index contributed by atoms with van der Waals surface area (Å²) in [7, 11) is 0. The van der Waals surface area contributed by atoms with Crippen LogP contribution in [-0.4, -0.2) is 32.6 Å². The van der Waals surface area contributed by atoms with Gasteiger partial charge in [-0.15, -0.1) is 0 Å².